The molecule has 1 aromatic carbocycles. The third kappa shape index (κ3) is 1.05. The fourth-order valence-electron chi connectivity index (χ4n) is 2.24. The zero-order valence-electron chi connectivity index (χ0n) is 9.68. The van der Waals surface area contributed by atoms with Crippen LogP contribution in [0.5, 0.6) is 0 Å². The van der Waals surface area contributed by atoms with Crippen LogP contribution in [-0.4, -0.2) is 17.3 Å². The number of hydrogen-bond acceptors (Lipinski definition) is 0. The van der Waals surface area contributed by atoms with Gasteiger partial charge in [0.2, 0.25) is 5.69 Å². The lowest BCUT2D eigenvalue weighted by Gasteiger charge is -2.15. The quantitative estimate of drug-likeness (QED) is 0.551. The molecule has 1 nitrogen and oxygen atoms in total. The van der Waals surface area contributed by atoms with E-state index in [1.54, 1.807) is 0 Å². The van der Waals surface area contributed by atoms with Crippen LogP contribution in [0.3, 0.4) is 0 Å². The first-order valence-corrected chi connectivity index (χ1v) is 5.13. The Hall–Kier alpha value is -1.11. The summed E-state index contributed by atoms with van der Waals surface area (Å²) in [6.45, 7) is 8.97. The lowest BCUT2D eigenvalue weighted by molar-refractivity contribution is -0.403. The van der Waals surface area contributed by atoms with E-state index in [2.05, 4.69) is 57.5 Å². The predicted octanol–water partition coefficient (Wildman–Crippen LogP) is 3.02. The van der Waals surface area contributed by atoms with E-state index < -0.39 is 0 Å². The molecule has 14 heavy (non-hydrogen) atoms. The van der Waals surface area contributed by atoms with E-state index in [1.165, 1.54) is 22.5 Å². The van der Waals surface area contributed by atoms with Gasteiger partial charge in [0.15, 0.2) is 5.71 Å². The van der Waals surface area contributed by atoms with E-state index in [4.69, 9.17) is 0 Å². The molecule has 1 heteroatoms. The highest BCUT2D eigenvalue weighted by Crippen LogP contribution is 2.38. The molecule has 0 aromatic heterocycles. The van der Waals surface area contributed by atoms with Crippen molar-refractivity contribution in [2.24, 2.45) is 0 Å². The lowest BCUT2D eigenvalue weighted by Crippen LogP contribution is -2.25. The number of nitrogens with zero attached hydrogens (tertiary/aromatic N) is 1. The van der Waals surface area contributed by atoms with Crippen LogP contribution in [0.1, 0.15) is 31.9 Å². The normalized spacial score (nSPS) is 18.6. The van der Waals surface area contributed by atoms with Gasteiger partial charge >= 0.3 is 0 Å². The molecule has 1 aliphatic rings. The maximum Gasteiger partial charge on any atom is 0.209 e. The zero-order valence-corrected chi connectivity index (χ0v) is 9.68. The largest absolute Gasteiger partial charge is 0.209 e. The second kappa shape index (κ2) is 2.69. The summed E-state index contributed by atoms with van der Waals surface area (Å²) >= 11 is 0. The average Bonchev–Trinajstić information content (AvgIpc) is 2.29. The number of fused-ring (bicyclic) bond motifs is 1. The fraction of sp³-hybridized carbons (Fsp3) is 0.462. The fourth-order valence-corrected chi connectivity index (χ4v) is 2.24. The molecule has 74 valence electrons. The highest BCUT2D eigenvalue weighted by molar-refractivity contribution is 5.93. The molecule has 0 radical (unpaired) electrons. The van der Waals surface area contributed by atoms with Crippen molar-refractivity contribution in [3.8, 4) is 0 Å². The number of rotatable bonds is 0. The SMILES string of the molecule is CC1=[N+](C)c2ccc(C)cc2C1(C)C. The first-order valence-electron chi connectivity index (χ1n) is 5.13. The third-order valence-corrected chi connectivity index (χ3v) is 3.59. The van der Waals surface area contributed by atoms with Crippen LogP contribution in [0, 0.1) is 6.92 Å². The van der Waals surface area contributed by atoms with E-state index in [-0.39, 0.29) is 5.41 Å². The van der Waals surface area contributed by atoms with E-state index in [0.29, 0.717) is 0 Å². The molecular weight excluding hydrogens is 170 g/mol. The van der Waals surface area contributed by atoms with Crippen LogP contribution in [0.15, 0.2) is 18.2 Å². The molecule has 2 rings (SSSR count). The molecular formula is C13H18N+. The van der Waals surface area contributed by atoms with Crippen molar-refractivity contribution in [3.05, 3.63) is 29.3 Å². The molecule has 0 saturated carbocycles. The summed E-state index contributed by atoms with van der Waals surface area (Å²) in [5, 5.41) is 0. The summed E-state index contributed by atoms with van der Waals surface area (Å²) in [5.74, 6) is 0. The van der Waals surface area contributed by atoms with Gasteiger partial charge in [-0.15, -0.1) is 0 Å². The third-order valence-electron chi connectivity index (χ3n) is 3.59. The summed E-state index contributed by atoms with van der Waals surface area (Å²) in [6.07, 6.45) is 0. The number of benzene rings is 1. The smallest absolute Gasteiger partial charge is 0.202 e. The Kier molecular flexibility index (Phi) is 1.82. The van der Waals surface area contributed by atoms with E-state index >= 15 is 0 Å². The second-order valence-corrected chi connectivity index (χ2v) is 4.79. The molecule has 0 fully saturated rings. The van der Waals surface area contributed by atoms with Gasteiger partial charge in [-0.05, 0) is 26.8 Å². The van der Waals surface area contributed by atoms with Gasteiger partial charge in [-0.25, -0.2) is 4.58 Å². The van der Waals surface area contributed by atoms with Crippen molar-refractivity contribution in [2.75, 3.05) is 7.05 Å². The van der Waals surface area contributed by atoms with Crippen molar-refractivity contribution in [1.29, 1.82) is 0 Å². The highest BCUT2D eigenvalue weighted by atomic mass is 15.0. The highest BCUT2D eigenvalue weighted by Gasteiger charge is 2.41. The summed E-state index contributed by atoms with van der Waals surface area (Å²) < 4.78 is 2.30. The topological polar surface area (TPSA) is 3.01 Å². The standard InChI is InChI=1S/C13H18N/c1-9-6-7-12-11(8-9)13(3,4)10(2)14(12)5/h6-8H,1-5H3/q+1. The summed E-state index contributed by atoms with van der Waals surface area (Å²) in [7, 11) is 2.15. The van der Waals surface area contributed by atoms with Gasteiger partial charge in [-0.3, -0.25) is 0 Å². The van der Waals surface area contributed by atoms with Crippen LogP contribution in [0.25, 0.3) is 0 Å². The number of hydrogen-bond donors (Lipinski definition) is 0. The molecule has 1 aliphatic heterocycles. The Bertz CT molecular complexity index is 425. The van der Waals surface area contributed by atoms with Gasteiger partial charge in [0, 0.05) is 18.6 Å². The van der Waals surface area contributed by atoms with Gasteiger partial charge in [0.25, 0.3) is 0 Å². The van der Waals surface area contributed by atoms with Gasteiger partial charge in [-0.2, -0.15) is 0 Å². The molecule has 0 saturated heterocycles. The lowest BCUT2D eigenvalue weighted by atomic mass is 9.82. The van der Waals surface area contributed by atoms with E-state index in [9.17, 15) is 0 Å². The minimum Gasteiger partial charge on any atom is -0.202 e. The van der Waals surface area contributed by atoms with Crippen molar-refractivity contribution < 1.29 is 4.58 Å². The molecule has 0 atom stereocenters. The summed E-state index contributed by atoms with van der Waals surface area (Å²) in [6, 6.07) is 6.72. The molecule has 1 aromatic rings. The maximum atomic E-state index is 2.31. The molecule has 1 heterocycles. The maximum absolute atomic E-state index is 2.31. The summed E-state index contributed by atoms with van der Waals surface area (Å²) in [4.78, 5) is 0. The Morgan fingerprint density at radius 2 is 1.79 bits per heavy atom. The molecule has 0 unspecified atom stereocenters. The first kappa shape index (κ1) is 9.45. The summed E-state index contributed by atoms with van der Waals surface area (Å²) in [5.41, 5.74) is 5.78. The van der Waals surface area contributed by atoms with E-state index in [1.807, 2.05) is 0 Å². The van der Waals surface area contributed by atoms with Crippen molar-refractivity contribution in [2.45, 2.75) is 33.1 Å². The minimum atomic E-state index is 0.191. The first-order chi connectivity index (χ1) is 6.44. The average molecular weight is 188 g/mol. The Morgan fingerprint density at radius 3 is 2.43 bits per heavy atom. The molecule has 0 spiro atoms. The monoisotopic (exact) mass is 188 g/mol. The van der Waals surface area contributed by atoms with Crippen molar-refractivity contribution in [3.63, 3.8) is 0 Å². The van der Waals surface area contributed by atoms with Crippen LogP contribution >= 0.6 is 0 Å². The Labute approximate surface area is 86.1 Å². The van der Waals surface area contributed by atoms with Crippen LogP contribution in [-0.2, 0) is 5.41 Å². The van der Waals surface area contributed by atoms with Gasteiger partial charge in [0.1, 0.15) is 7.05 Å². The molecule has 0 N–H and O–H groups in total. The van der Waals surface area contributed by atoms with Crippen molar-refractivity contribution in [1.82, 2.24) is 0 Å². The molecule has 0 bridgehead atoms. The van der Waals surface area contributed by atoms with Gasteiger partial charge in [-0.1, -0.05) is 11.6 Å². The zero-order chi connectivity index (χ0) is 10.5. The Morgan fingerprint density at radius 1 is 1.14 bits per heavy atom. The van der Waals surface area contributed by atoms with Crippen LogP contribution < -0.4 is 0 Å². The van der Waals surface area contributed by atoms with Gasteiger partial charge < -0.3 is 0 Å². The molecule has 0 aliphatic carbocycles. The van der Waals surface area contributed by atoms with Gasteiger partial charge in [0.05, 0.1) is 5.41 Å². The van der Waals surface area contributed by atoms with Crippen LogP contribution in [0.2, 0.25) is 0 Å². The Balaban J connectivity index is 2.73. The van der Waals surface area contributed by atoms with Crippen molar-refractivity contribution >= 4 is 11.4 Å². The molecule has 0 amide bonds. The second-order valence-electron chi connectivity index (χ2n) is 4.79. The van der Waals surface area contributed by atoms with E-state index in [0.717, 1.165) is 0 Å². The van der Waals surface area contributed by atoms with Crippen LogP contribution in [0.4, 0.5) is 5.69 Å². The minimum absolute atomic E-state index is 0.191. The number of aryl methyl sites for hydroxylation is 1. The predicted molar refractivity (Wildman–Crippen MR) is 60.7 cm³/mol.